The van der Waals surface area contributed by atoms with Crippen molar-refractivity contribution in [1.82, 2.24) is 10.2 Å². The minimum absolute atomic E-state index is 0.134. The van der Waals surface area contributed by atoms with Gasteiger partial charge < -0.3 is 4.74 Å². The lowest BCUT2D eigenvalue weighted by Crippen LogP contribution is -2.24. The lowest BCUT2D eigenvalue weighted by molar-refractivity contribution is -0.152. The van der Waals surface area contributed by atoms with E-state index in [1.165, 1.54) is 11.3 Å². The van der Waals surface area contributed by atoms with Crippen molar-refractivity contribution < 1.29 is 14.3 Å². The van der Waals surface area contributed by atoms with E-state index in [2.05, 4.69) is 20.3 Å². The van der Waals surface area contributed by atoms with Crippen molar-refractivity contribution in [2.45, 2.75) is 33.1 Å². The summed E-state index contributed by atoms with van der Waals surface area (Å²) in [7, 11) is 0. The molecule has 1 aromatic rings. The van der Waals surface area contributed by atoms with Crippen molar-refractivity contribution in [1.29, 1.82) is 0 Å². The van der Waals surface area contributed by atoms with E-state index in [0.29, 0.717) is 5.13 Å². The quantitative estimate of drug-likeness (QED) is 0.638. The molecule has 1 rings (SSSR count). The summed E-state index contributed by atoms with van der Waals surface area (Å²) < 4.78 is 4.56. The molecule has 0 spiro atoms. The lowest BCUT2D eigenvalue weighted by Gasteiger charge is -2.12. The highest BCUT2D eigenvalue weighted by Gasteiger charge is 2.22. The number of hydrogen-bond donors (Lipinski definition) is 1. The van der Waals surface area contributed by atoms with Gasteiger partial charge in [0, 0.05) is 5.41 Å². The SMILES string of the molecule is CCOC(=O)C(=O)Nc1nnc(C(C)(C)C)s1. The standard InChI is InChI=1S/C10H15N3O3S/c1-5-16-7(15)6(14)11-9-13-12-8(17-9)10(2,3)4/h5H2,1-4H3,(H,11,13,14). The molecule has 17 heavy (non-hydrogen) atoms. The van der Waals surface area contributed by atoms with Crippen LogP contribution >= 0.6 is 11.3 Å². The van der Waals surface area contributed by atoms with Crippen LogP contribution < -0.4 is 5.32 Å². The molecular weight excluding hydrogens is 242 g/mol. The maximum Gasteiger partial charge on any atom is 0.397 e. The molecule has 0 aromatic carbocycles. The number of carbonyl (C=O) groups is 2. The Hall–Kier alpha value is -1.50. The minimum Gasteiger partial charge on any atom is -0.459 e. The topological polar surface area (TPSA) is 81.2 Å². The van der Waals surface area contributed by atoms with Crippen LogP contribution in [0.15, 0.2) is 0 Å². The number of hydrogen-bond acceptors (Lipinski definition) is 6. The fraction of sp³-hybridized carbons (Fsp3) is 0.600. The van der Waals surface area contributed by atoms with Gasteiger partial charge in [-0.3, -0.25) is 10.1 Å². The van der Waals surface area contributed by atoms with E-state index < -0.39 is 11.9 Å². The molecule has 0 saturated carbocycles. The molecule has 1 amide bonds. The average molecular weight is 257 g/mol. The fourth-order valence-electron chi connectivity index (χ4n) is 0.922. The Balaban J connectivity index is 2.67. The summed E-state index contributed by atoms with van der Waals surface area (Å²) in [6.45, 7) is 7.77. The summed E-state index contributed by atoms with van der Waals surface area (Å²) in [6, 6.07) is 0. The minimum atomic E-state index is -0.917. The summed E-state index contributed by atoms with van der Waals surface area (Å²) in [5.74, 6) is -1.75. The van der Waals surface area contributed by atoms with Gasteiger partial charge in [0.05, 0.1) is 6.61 Å². The van der Waals surface area contributed by atoms with Crippen molar-refractivity contribution in [3.63, 3.8) is 0 Å². The monoisotopic (exact) mass is 257 g/mol. The molecular formula is C10H15N3O3S. The Morgan fingerprint density at radius 1 is 1.35 bits per heavy atom. The van der Waals surface area contributed by atoms with Crippen LogP contribution in [0.25, 0.3) is 0 Å². The molecule has 1 heterocycles. The van der Waals surface area contributed by atoms with E-state index in [1.807, 2.05) is 20.8 Å². The Morgan fingerprint density at radius 2 is 2.00 bits per heavy atom. The highest BCUT2D eigenvalue weighted by molar-refractivity contribution is 7.15. The molecule has 1 aromatic heterocycles. The Labute approximate surface area is 103 Å². The zero-order valence-electron chi connectivity index (χ0n) is 10.2. The molecule has 0 aliphatic rings. The number of ether oxygens (including phenoxy) is 1. The molecule has 7 heteroatoms. The smallest absolute Gasteiger partial charge is 0.397 e. The van der Waals surface area contributed by atoms with E-state index in [9.17, 15) is 9.59 Å². The van der Waals surface area contributed by atoms with E-state index in [1.54, 1.807) is 6.92 Å². The van der Waals surface area contributed by atoms with Gasteiger partial charge in [-0.05, 0) is 6.92 Å². The van der Waals surface area contributed by atoms with E-state index in [-0.39, 0.29) is 12.0 Å². The lowest BCUT2D eigenvalue weighted by atomic mass is 9.98. The maximum absolute atomic E-state index is 11.3. The molecule has 0 atom stereocenters. The first-order valence-electron chi connectivity index (χ1n) is 5.16. The Morgan fingerprint density at radius 3 is 2.47 bits per heavy atom. The van der Waals surface area contributed by atoms with Gasteiger partial charge in [-0.2, -0.15) is 0 Å². The second kappa shape index (κ2) is 5.22. The van der Waals surface area contributed by atoms with Crippen LogP contribution in [-0.2, 0) is 19.7 Å². The molecule has 94 valence electrons. The zero-order valence-corrected chi connectivity index (χ0v) is 11.1. The fourth-order valence-corrected chi connectivity index (χ4v) is 1.72. The van der Waals surface area contributed by atoms with Crippen LogP contribution in [0, 0.1) is 0 Å². The molecule has 0 aliphatic heterocycles. The van der Waals surface area contributed by atoms with Crippen molar-refractivity contribution in [3.05, 3.63) is 5.01 Å². The summed E-state index contributed by atoms with van der Waals surface area (Å²) in [4.78, 5) is 22.4. The van der Waals surface area contributed by atoms with Gasteiger partial charge in [-0.1, -0.05) is 32.1 Å². The van der Waals surface area contributed by atoms with Gasteiger partial charge in [0.25, 0.3) is 0 Å². The van der Waals surface area contributed by atoms with Gasteiger partial charge >= 0.3 is 11.9 Å². The Kier molecular flexibility index (Phi) is 4.17. The molecule has 0 radical (unpaired) electrons. The first-order valence-corrected chi connectivity index (χ1v) is 5.98. The average Bonchev–Trinajstić information content (AvgIpc) is 2.66. The zero-order chi connectivity index (χ0) is 13.1. The summed E-state index contributed by atoms with van der Waals surface area (Å²) >= 11 is 1.24. The second-order valence-corrected chi connectivity index (χ2v) is 5.31. The summed E-state index contributed by atoms with van der Waals surface area (Å²) in [5.41, 5.74) is -0.134. The van der Waals surface area contributed by atoms with E-state index in [4.69, 9.17) is 0 Å². The summed E-state index contributed by atoms with van der Waals surface area (Å²) in [5, 5.41) is 11.2. The van der Waals surface area contributed by atoms with Crippen LogP contribution in [0.1, 0.15) is 32.7 Å². The number of anilines is 1. The van der Waals surface area contributed by atoms with Gasteiger partial charge in [0.2, 0.25) is 5.13 Å². The predicted octanol–water partition coefficient (Wildman–Crippen LogP) is 1.34. The van der Waals surface area contributed by atoms with Gasteiger partial charge in [-0.25, -0.2) is 4.79 Å². The van der Waals surface area contributed by atoms with Crippen molar-refractivity contribution >= 4 is 28.3 Å². The molecule has 0 bridgehead atoms. The number of carbonyl (C=O) groups excluding carboxylic acids is 2. The number of rotatable bonds is 2. The number of nitrogens with zero attached hydrogens (tertiary/aromatic N) is 2. The number of nitrogens with one attached hydrogen (secondary N) is 1. The van der Waals surface area contributed by atoms with Crippen LogP contribution in [0.4, 0.5) is 5.13 Å². The highest BCUT2D eigenvalue weighted by atomic mass is 32.1. The third kappa shape index (κ3) is 3.77. The first kappa shape index (κ1) is 13.6. The third-order valence-electron chi connectivity index (χ3n) is 1.75. The van der Waals surface area contributed by atoms with E-state index in [0.717, 1.165) is 5.01 Å². The molecule has 0 saturated heterocycles. The normalized spacial score (nSPS) is 11.1. The van der Waals surface area contributed by atoms with Crippen LogP contribution in [-0.4, -0.2) is 28.7 Å². The molecule has 0 unspecified atom stereocenters. The molecule has 6 nitrogen and oxygen atoms in total. The molecule has 0 fully saturated rings. The van der Waals surface area contributed by atoms with Crippen molar-refractivity contribution in [2.24, 2.45) is 0 Å². The predicted molar refractivity (Wildman–Crippen MR) is 63.9 cm³/mol. The van der Waals surface area contributed by atoms with Crippen LogP contribution in [0.3, 0.4) is 0 Å². The Bertz CT molecular complexity index is 423. The second-order valence-electron chi connectivity index (χ2n) is 4.34. The summed E-state index contributed by atoms with van der Waals surface area (Å²) in [6.07, 6.45) is 0. The van der Waals surface area contributed by atoms with Crippen molar-refractivity contribution in [3.8, 4) is 0 Å². The number of amides is 1. The highest BCUT2D eigenvalue weighted by Crippen LogP contribution is 2.27. The van der Waals surface area contributed by atoms with Crippen LogP contribution in [0.2, 0.25) is 0 Å². The van der Waals surface area contributed by atoms with Crippen molar-refractivity contribution in [2.75, 3.05) is 11.9 Å². The van der Waals surface area contributed by atoms with Crippen LogP contribution in [0.5, 0.6) is 0 Å². The van der Waals surface area contributed by atoms with E-state index >= 15 is 0 Å². The molecule has 1 N–H and O–H groups in total. The maximum atomic E-state index is 11.3. The third-order valence-corrected chi connectivity index (χ3v) is 3.01. The number of esters is 1. The van der Waals surface area contributed by atoms with Gasteiger partial charge in [0.15, 0.2) is 0 Å². The first-order chi connectivity index (χ1) is 7.84. The van der Waals surface area contributed by atoms with Gasteiger partial charge in [0.1, 0.15) is 5.01 Å². The number of aromatic nitrogens is 2. The molecule has 0 aliphatic carbocycles. The largest absolute Gasteiger partial charge is 0.459 e. The van der Waals surface area contributed by atoms with Gasteiger partial charge in [-0.15, -0.1) is 10.2 Å².